The third kappa shape index (κ3) is 4.48. The van der Waals surface area contributed by atoms with Gasteiger partial charge in [0.05, 0.1) is 0 Å². The number of hydrogen-bond acceptors (Lipinski definition) is 5. The second kappa shape index (κ2) is 7.86. The van der Waals surface area contributed by atoms with Crippen LogP contribution in [0.1, 0.15) is 33.6 Å². The Hall–Kier alpha value is -1.37. The van der Waals surface area contributed by atoms with Crippen molar-refractivity contribution < 1.29 is 4.79 Å². The van der Waals surface area contributed by atoms with Crippen LogP contribution in [0.5, 0.6) is 0 Å². The molecule has 7 heteroatoms. The Kier molecular flexibility index (Phi) is 6.42. The average molecular weight is 269 g/mol. The molecule has 0 fully saturated rings. The van der Waals surface area contributed by atoms with Crippen molar-refractivity contribution >= 4 is 23.9 Å². The molecule has 0 aliphatic rings. The van der Waals surface area contributed by atoms with Crippen molar-refractivity contribution in [2.75, 3.05) is 10.8 Å². The molecule has 100 valence electrons. The molecule has 0 spiro atoms. The van der Waals surface area contributed by atoms with E-state index in [1.165, 1.54) is 28.9 Å². The predicted octanol–water partition coefficient (Wildman–Crippen LogP) is 2.24. The molecule has 18 heavy (non-hydrogen) atoms. The number of nitrogens with one attached hydrogen (secondary N) is 1. The number of amides is 2. The molecule has 0 aliphatic heterocycles. The summed E-state index contributed by atoms with van der Waals surface area (Å²) in [4.78, 5) is 23.8. The van der Waals surface area contributed by atoms with E-state index in [-0.39, 0.29) is 6.03 Å². The number of anilines is 1. The third-order valence-corrected chi connectivity index (χ3v) is 3.29. The first-order valence-corrected chi connectivity index (χ1v) is 6.89. The lowest BCUT2D eigenvalue weighted by Crippen LogP contribution is -2.37. The SMILES string of the molecule is CCCC(C)SN(C(=O)NCC)c1ncncn1. The first-order valence-electron chi connectivity index (χ1n) is 6.05. The highest BCUT2D eigenvalue weighted by Gasteiger charge is 2.21. The van der Waals surface area contributed by atoms with Crippen LogP contribution in [-0.2, 0) is 0 Å². The molecule has 1 aromatic rings. The van der Waals surface area contributed by atoms with Crippen molar-refractivity contribution in [3.8, 4) is 0 Å². The average Bonchev–Trinajstić information content (AvgIpc) is 2.37. The lowest BCUT2D eigenvalue weighted by molar-refractivity contribution is 0.250. The number of nitrogens with zero attached hydrogens (tertiary/aromatic N) is 4. The van der Waals surface area contributed by atoms with Crippen LogP contribution in [0.3, 0.4) is 0 Å². The molecule has 2 amide bonds. The Bertz CT molecular complexity index is 362. The molecule has 0 saturated heterocycles. The van der Waals surface area contributed by atoms with Crippen molar-refractivity contribution in [2.24, 2.45) is 0 Å². The maximum Gasteiger partial charge on any atom is 0.334 e. The fourth-order valence-electron chi connectivity index (χ4n) is 1.39. The fraction of sp³-hybridized carbons (Fsp3) is 0.636. The largest absolute Gasteiger partial charge is 0.337 e. The molecule has 6 nitrogen and oxygen atoms in total. The molecule has 1 N–H and O–H groups in total. The molecule has 0 radical (unpaired) electrons. The highest BCUT2D eigenvalue weighted by atomic mass is 32.2. The number of rotatable bonds is 6. The van der Waals surface area contributed by atoms with E-state index in [1.54, 1.807) is 0 Å². The normalized spacial score (nSPS) is 11.9. The van der Waals surface area contributed by atoms with Gasteiger partial charge < -0.3 is 5.32 Å². The zero-order valence-electron chi connectivity index (χ0n) is 11.0. The van der Waals surface area contributed by atoms with E-state index >= 15 is 0 Å². The van der Waals surface area contributed by atoms with Crippen molar-refractivity contribution in [1.29, 1.82) is 0 Å². The summed E-state index contributed by atoms with van der Waals surface area (Å²) < 4.78 is 1.49. The Balaban J connectivity index is 2.78. The van der Waals surface area contributed by atoms with Gasteiger partial charge in [-0.1, -0.05) is 20.3 Å². The zero-order valence-corrected chi connectivity index (χ0v) is 11.8. The Morgan fingerprint density at radius 2 is 2.11 bits per heavy atom. The third-order valence-electron chi connectivity index (χ3n) is 2.15. The first-order chi connectivity index (χ1) is 8.69. The highest BCUT2D eigenvalue weighted by Crippen LogP contribution is 2.24. The monoisotopic (exact) mass is 269 g/mol. The summed E-state index contributed by atoms with van der Waals surface area (Å²) in [5, 5.41) is 3.09. The van der Waals surface area contributed by atoms with Crippen LogP contribution in [-0.4, -0.2) is 32.8 Å². The standard InChI is InChI=1S/C11H19N5OS/c1-4-6-9(3)18-16(11(17)13-5-2)10-14-7-12-8-15-10/h7-9H,4-6H2,1-3H3,(H,13,17). The van der Waals surface area contributed by atoms with Gasteiger partial charge >= 0.3 is 6.03 Å². The molecule has 0 saturated carbocycles. The summed E-state index contributed by atoms with van der Waals surface area (Å²) >= 11 is 1.44. The van der Waals surface area contributed by atoms with E-state index < -0.39 is 0 Å². The van der Waals surface area contributed by atoms with Gasteiger partial charge in [0.15, 0.2) is 0 Å². The fourth-order valence-corrected chi connectivity index (χ4v) is 2.44. The summed E-state index contributed by atoms with van der Waals surface area (Å²) in [6, 6.07) is -0.198. The smallest absolute Gasteiger partial charge is 0.334 e. The van der Waals surface area contributed by atoms with E-state index in [9.17, 15) is 4.79 Å². The van der Waals surface area contributed by atoms with Gasteiger partial charge in [-0.05, 0) is 25.3 Å². The van der Waals surface area contributed by atoms with E-state index in [1.807, 2.05) is 6.92 Å². The lowest BCUT2D eigenvalue weighted by atomic mass is 10.3. The van der Waals surface area contributed by atoms with Gasteiger partial charge in [-0.15, -0.1) is 0 Å². The maximum absolute atomic E-state index is 12.0. The van der Waals surface area contributed by atoms with Gasteiger partial charge in [-0.25, -0.2) is 24.1 Å². The van der Waals surface area contributed by atoms with E-state index in [2.05, 4.69) is 34.1 Å². The van der Waals surface area contributed by atoms with E-state index in [0.29, 0.717) is 17.7 Å². The molecule has 1 atom stereocenters. The van der Waals surface area contributed by atoms with Crippen molar-refractivity contribution in [3.63, 3.8) is 0 Å². The van der Waals surface area contributed by atoms with Gasteiger partial charge in [-0.3, -0.25) is 0 Å². The Morgan fingerprint density at radius 3 is 2.67 bits per heavy atom. The second-order valence-electron chi connectivity index (χ2n) is 3.77. The quantitative estimate of drug-likeness (QED) is 0.802. The summed E-state index contributed by atoms with van der Waals surface area (Å²) in [6.07, 6.45) is 4.89. The molecule has 1 unspecified atom stereocenters. The molecule has 1 rings (SSSR count). The number of carbonyl (C=O) groups excluding carboxylic acids is 1. The highest BCUT2D eigenvalue weighted by molar-refractivity contribution is 8.01. The van der Waals surface area contributed by atoms with E-state index in [4.69, 9.17) is 0 Å². The van der Waals surface area contributed by atoms with Gasteiger partial charge in [0.1, 0.15) is 12.7 Å². The van der Waals surface area contributed by atoms with Crippen LogP contribution < -0.4 is 9.62 Å². The maximum atomic E-state index is 12.0. The summed E-state index contributed by atoms with van der Waals surface area (Å²) in [5.74, 6) is 0.365. The van der Waals surface area contributed by atoms with Gasteiger partial charge in [0, 0.05) is 11.8 Å². The van der Waals surface area contributed by atoms with Crippen LogP contribution in [0.15, 0.2) is 12.7 Å². The van der Waals surface area contributed by atoms with Crippen molar-refractivity contribution in [1.82, 2.24) is 20.3 Å². The van der Waals surface area contributed by atoms with Crippen LogP contribution in [0.25, 0.3) is 0 Å². The summed E-state index contributed by atoms with van der Waals surface area (Å²) in [6.45, 7) is 6.66. The van der Waals surface area contributed by atoms with Crippen molar-refractivity contribution in [2.45, 2.75) is 38.9 Å². The Labute approximate surface area is 112 Å². The van der Waals surface area contributed by atoms with E-state index in [0.717, 1.165) is 12.8 Å². The van der Waals surface area contributed by atoms with Crippen LogP contribution in [0.2, 0.25) is 0 Å². The molecule has 0 aromatic carbocycles. The summed E-state index contributed by atoms with van der Waals surface area (Å²) in [7, 11) is 0. The van der Waals surface area contributed by atoms with Gasteiger partial charge in [-0.2, -0.15) is 0 Å². The molecule has 1 aromatic heterocycles. The lowest BCUT2D eigenvalue weighted by Gasteiger charge is -2.22. The minimum atomic E-state index is -0.198. The number of hydrogen-bond donors (Lipinski definition) is 1. The van der Waals surface area contributed by atoms with Crippen molar-refractivity contribution in [3.05, 3.63) is 12.7 Å². The number of carbonyl (C=O) groups is 1. The topological polar surface area (TPSA) is 71.0 Å². The molecular weight excluding hydrogens is 250 g/mol. The van der Waals surface area contributed by atoms with Crippen LogP contribution in [0, 0.1) is 0 Å². The molecular formula is C11H19N5OS. The Morgan fingerprint density at radius 1 is 1.44 bits per heavy atom. The predicted molar refractivity (Wildman–Crippen MR) is 73.3 cm³/mol. The van der Waals surface area contributed by atoms with Crippen LogP contribution >= 0.6 is 11.9 Å². The summed E-state index contributed by atoms with van der Waals surface area (Å²) in [5.41, 5.74) is 0. The molecule has 1 heterocycles. The van der Waals surface area contributed by atoms with Gasteiger partial charge in [0.25, 0.3) is 0 Å². The number of aromatic nitrogens is 3. The minimum absolute atomic E-state index is 0.198. The zero-order chi connectivity index (χ0) is 13.4. The minimum Gasteiger partial charge on any atom is -0.337 e. The molecule has 0 bridgehead atoms. The second-order valence-corrected chi connectivity index (χ2v) is 5.15. The number of urea groups is 1. The molecule has 0 aliphatic carbocycles. The van der Waals surface area contributed by atoms with Gasteiger partial charge in [0.2, 0.25) is 5.95 Å². The first kappa shape index (κ1) is 14.7. The van der Waals surface area contributed by atoms with Crippen LogP contribution in [0.4, 0.5) is 10.7 Å².